The summed E-state index contributed by atoms with van der Waals surface area (Å²) in [7, 11) is 1.66. The molecule has 4 atom stereocenters. The van der Waals surface area contributed by atoms with Crippen LogP contribution < -0.4 is 5.73 Å². The van der Waals surface area contributed by atoms with Crippen LogP contribution in [0.4, 0.5) is 0 Å². The lowest BCUT2D eigenvalue weighted by Crippen LogP contribution is -2.63. The van der Waals surface area contributed by atoms with Crippen LogP contribution in [-0.2, 0) is 14.4 Å². The molecular formula is C14H21N3O5. The van der Waals surface area contributed by atoms with Crippen LogP contribution in [-0.4, -0.2) is 70.1 Å². The highest BCUT2D eigenvalue weighted by molar-refractivity contribution is 6.00. The van der Waals surface area contributed by atoms with E-state index in [0.29, 0.717) is 5.57 Å². The Morgan fingerprint density at radius 2 is 2.05 bits per heavy atom. The van der Waals surface area contributed by atoms with Gasteiger partial charge >= 0.3 is 5.97 Å². The van der Waals surface area contributed by atoms with Crippen molar-refractivity contribution in [2.75, 3.05) is 20.1 Å². The van der Waals surface area contributed by atoms with Gasteiger partial charge in [-0.15, -0.1) is 0 Å². The number of likely N-dealkylation sites (N-methyl/N-ethyl adjacent to an activating group) is 1. The number of aliphatic carboxylic acids is 1. The van der Waals surface area contributed by atoms with Gasteiger partial charge in [-0.1, -0.05) is 6.92 Å². The van der Waals surface area contributed by atoms with Gasteiger partial charge in [0.05, 0.1) is 24.6 Å². The van der Waals surface area contributed by atoms with Crippen LogP contribution in [0.1, 0.15) is 13.8 Å². The summed E-state index contributed by atoms with van der Waals surface area (Å²) >= 11 is 0. The minimum Gasteiger partial charge on any atom is -0.477 e. The summed E-state index contributed by atoms with van der Waals surface area (Å²) < 4.78 is 0. The van der Waals surface area contributed by atoms with Crippen molar-refractivity contribution in [2.24, 2.45) is 17.6 Å². The van der Waals surface area contributed by atoms with Crippen molar-refractivity contribution in [1.29, 1.82) is 0 Å². The molecule has 122 valence electrons. The largest absolute Gasteiger partial charge is 0.477 e. The van der Waals surface area contributed by atoms with Gasteiger partial charge < -0.3 is 20.8 Å². The molecule has 2 rings (SSSR count). The first-order valence-corrected chi connectivity index (χ1v) is 7.11. The zero-order chi connectivity index (χ0) is 16.8. The molecule has 22 heavy (non-hydrogen) atoms. The number of aliphatic hydroxyl groups excluding tert-OH is 1. The van der Waals surface area contributed by atoms with Gasteiger partial charge in [-0.2, -0.15) is 0 Å². The molecular weight excluding hydrogens is 290 g/mol. The Kier molecular flexibility index (Phi) is 4.25. The molecule has 8 heteroatoms. The topological polar surface area (TPSA) is 124 Å². The van der Waals surface area contributed by atoms with Crippen LogP contribution >= 0.6 is 0 Å². The van der Waals surface area contributed by atoms with Gasteiger partial charge in [0.1, 0.15) is 5.70 Å². The molecule has 2 amide bonds. The Morgan fingerprint density at radius 1 is 1.45 bits per heavy atom. The highest BCUT2D eigenvalue weighted by atomic mass is 16.4. The molecule has 0 unspecified atom stereocenters. The van der Waals surface area contributed by atoms with Gasteiger partial charge in [-0.05, 0) is 19.5 Å². The number of rotatable bonds is 6. The summed E-state index contributed by atoms with van der Waals surface area (Å²) in [6, 6.07) is -0.337. The van der Waals surface area contributed by atoms with E-state index in [-0.39, 0.29) is 36.7 Å². The van der Waals surface area contributed by atoms with E-state index in [4.69, 9.17) is 5.73 Å². The zero-order valence-corrected chi connectivity index (χ0v) is 12.8. The predicted octanol–water partition coefficient (Wildman–Crippen LogP) is -1.40. The van der Waals surface area contributed by atoms with E-state index in [1.807, 2.05) is 6.92 Å². The van der Waals surface area contributed by atoms with Gasteiger partial charge in [0.2, 0.25) is 11.8 Å². The molecule has 0 aliphatic carbocycles. The van der Waals surface area contributed by atoms with Crippen molar-refractivity contribution < 1.29 is 24.6 Å². The molecule has 2 aliphatic heterocycles. The predicted molar refractivity (Wildman–Crippen MR) is 76.3 cm³/mol. The lowest BCUT2D eigenvalue weighted by molar-refractivity contribution is -0.163. The number of carboxylic acids is 1. The van der Waals surface area contributed by atoms with E-state index in [0.717, 1.165) is 0 Å². The first kappa shape index (κ1) is 16.4. The van der Waals surface area contributed by atoms with Crippen molar-refractivity contribution in [2.45, 2.75) is 26.0 Å². The molecule has 2 heterocycles. The van der Waals surface area contributed by atoms with E-state index in [1.165, 1.54) is 11.8 Å². The number of amides is 2. The fraction of sp³-hybridized carbons (Fsp3) is 0.643. The lowest BCUT2D eigenvalue weighted by Gasteiger charge is -2.46. The molecule has 2 aliphatic rings. The molecule has 0 bridgehead atoms. The molecule has 1 saturated heterocycles. The molecule has 0 saturated carbocycles. The average molecular weight is 311 g/mol. The quantitative estimate of drug-likeness (QED) is 0.518. The summed E-state index contributed by atoms with van der Waals surface area (Å²) in [5.41, 5.74) is 5.69. The Labute approximate surface area is 128 Å². The maximum atomic E-state index is 12.1. The lowest BCUT2D eigenvalue weighted by atomic mass is 9.77. The number of nitrogens with zero attached hydrogens (tertiary/aromatic N) is 2. The van der Waals surface area contributed by atoms with Crippen LogP contribution in [0.3, 0.4) is 0 Å². The smallest absolute Gasteiger partial charge is 0.352 e. The maximum absolute atomic E-state index is 12.1. The second-order valence-electron chi connectivity index (χ2n) is 6.07. The number of aliphatic hydroxyl groups is 1. The van der Waals surface area contributed by atoms with Crippen molar-refractivity contribution in [1.82, 2.24) is 9.80 Å². The minimum atomic E-state index is -1.17. The molecule has 0 aromatic rings. The number of β-lactam (4-membered cyclic amide) rings is 1. The second-order valence-corrected chi connectivity index (χ2v) is 6.07. The summed E-state index contributed by atoms with van der Waals surface area (Å²) in [6.45, 7) is 3.60. The second kappa shape index (κ2) is 5.69. The summed E-state index contributed by atoms with van der Waals surface area (Å²) in [5, 5.41) is 19.2. The van der Waals surface area contributed by atoms with E-state index in [1.54, 1.807) is 11.9 Å². The van der Waals surface area contributed by atoms with Crippen LogP contribution in [0.25, 0.3) is 0 Å². The molecule has 4 N–H and O–H groups in total. The van der Waals surface area contributed by atoms with Crippen LogP contribution in [0, 0.1) is 11.8 Å². The minimum absolute atomic E-state index is 0.00155. The number of nitrogens with two attached hydrogens (primary N) is 1. The highest BCUT2D eigenvalue weighted by Crippen LogP contribution is 2.47. The molecule has 8 nitrogen and oxygen atoms in total. The van der Waals surface area contributed by atoms with Gasteiger partial charge in [-0.3, -0.25) is 14.5 Å². The third-order valence-electron chi connectivity index (χ3n) is 4.38. The number of hydrogen-bond acceptors (Lipinski definition) is 5. The Morgan fingerprint density at radius 3 is 2.50 bits per heavy atom. The Bertz CT molecular complexity index is 557. The summed E-state index contributed by atoms with van der Waals surface area (Å²) in [4.78, 5) is 37.5. The van der Waals surface area contributed by atoms with E-state index >= 15 is 0 Å². The fourth-order valence-corrected chi connectivity index (χ4v) is 3.47. The monoisotopic (exact) mass is 311 g/mol. The normalized spacial score (nSPS) is 28.7. The number of carboxylic acid groups (broad SMARTS) is 1. The number of carbonyl (C=O) groups is 3. The van der Waals surface area contributed by atoms with Gasteiger partial charge in [0.25, 0.3) is 0 Å². The average Bonchev–Trinajstić information content (AvgIpc) is 2.59. The van der Waals surface area contributed by atoms with Crippen molar-refractivity contribution in [3.63, 3.8) is 0 Å². The number of hydrogen-bond donors (Lipinski definition) is 3. The fourth-order valence-electron chi connectivity index (χ4n) is 3.47. The molecule has 0 aromatic heterocycles. The first-order chi connectivity index (χ1) is 10.2. The third kappa shape index (κ3) is 2.48. The van der Waals surface area contributed by atoms with Gasteiger partial charge in [0.15, 0.2) is 0 Å². The van der Waals surface area contributed by atoms with Crippen molar-refractivity contribution in [3.05, 3.63) is 11.3 Å². The van der Waals surface area contributed by atoms with Gasteiger partial charge in [-0.25, -0.2) is 4.79 Å². The van der Waals surface area contributed by atoms with E-state index in [2.05, 4.69) is 0 Å². The summed E-state index contributed by atoms with van der Waals surface area (Å²) in [6.07, 6.45) is -0.825. The molecule has 0 radical (unpaired) electrons. The number of carbonyl (C=O) groups excluding carboxylic acids is 2. The maximum Gasteiger partial charge on any atom is 0.352 e. The van der Waals surface area contributed by atoms with Crippen molar-refractivity contribution in [3.8, 4) is 0 Å². The third-order valence-corrected chi connectivity index (χ3v) is 4.38. The Balaban J connectivity index is 2.29. The van der Waals surface area contributed by atoms with Crippen LogP contribution in [0.15, 0.2) is 11.3 Å². The molecule has 1 fully saturated rings. The first-order valence-electron chi connectivity index (χ1n) is 7.11. The number of fused-ring (bicyclic) bond motifs is 1. The van der Waals surface area contributed by atoms with Crippen LogP contribution in [0.5, 0.6) is 0 Å². The zero-order valence-electron chi connectivity index (χ0n) is 12.8. The Hall–Kier alpha value is -1.93. The standard InChI is InChI=1S/C14H21N3O5/c1-6-8(4-16(3)5-9(15)19)12(14(21)22)17-11(6)10(7(2)18)13(17)20/h6-7,10-11,18H,4-5H2,1-3H3,(H2,15,19)(H,21,22)/t6-,7+,10+,11+/m0/s1. The van der Waals surface area contributed by atoms with Gasteiger partial charge in [0, 0.05) is 12.5 Å². The highest BCUT2D eigenvalue weighted by Gasteiger charge is 2.59. The molecule has 0 spiro atoms. The SMILES string of the molecule is C[C@@H](O)[C@H]1C(=O)N2C(C(=O)O)=C(CN(C)CC(N)=O)[C@H](C)[C@H]12. The van der Waals surface area contributed by atoms with Crippen molar-refractivity contribution >= 4 is 17.8 Å². The summed E-state index contributed by atoms with van der Waals surface area (Å²) in [5.74, 6) is -2.82. The molecule has 0 aromatic carbocycles. The van der Waals surface area contributed by atoms with E-state index < -0.39 is 23.9 Å². The van der Waals surface area contributed by atoms with E-state index in [9.17, 15) is 24.6 Å². The van der Waals surface area contributed by atoms with Crippen LogP contribution in [0.2, 0.25) is 0 Å². The number of primary amides is 1.